The highest BCUT2D eigenvalue weighted by atomic mass is 16.2. The predicted molar refractivity (Wildman–Crippen MR) is 88.8 cm³/mol. The Kier molecular flexibility index (Phi) is 4.83. The zero-order valence-electron chi connectivity index (χ0n) is 13.9. The molecule has 3 amide bonds. The Morgan fingerprint density at radius 2 is 1.79 bits per heavy atom. The predicted octanol–water partition coefficient (Wildman–Crippen LogP) is 0.801. The molecule has 0 spiro atoms. The van der Waals surface area contributed by atoms with Gasteiger partial charge in [-0.05, 0) is 18.9 Å². The average Bonchev–Trinajstić information content (AvgIpc) is 3.43. The van der Waals surface area contributed by atoms with Crippen molar-refractivity contribution in [2.45, 2.75) is 19.4 Å². The third kappa shape index (κ3) is 3.58. The minimum atomic E-state index is -0.215. The van der Waals surface area contributed by atoms with E-state index in [4.69, 9.17) is 0 Å². The number of hydrogen-bond donors (Lipinski definition) is 1. The van der Waals surface area contributed by atoms with Gasteiger partial charge < -0.3 is 15.1 Å². The van der Waals surface area contributed by atoms with Crippen molar-refractivity contribution in [3.05, 3.63) is 35.9 Å². The summed E-state index contributed by atoms with van der Waals surface area (Å²) in [5.41, 5.74) is 1.05. The fourth-order valence-electron chi connectivity index (χ4n) is 3.19. The summed E-state index contributed by atoms with van der Waals surface area (Å²) in [6, 6.07) is 9.73. The molecule has 3 atom stereocenters. The fraction of sp³-hybridized carbons (Fsp3) is 0.500. The zero-order chi connectivity index (χ0) is 17.1. The van der Waals surface area contributed by atoms with E-state index in [0.717, 1.165) is 12.0 Å². The first-order chi connectivity index (χ1) is 11.6. The first-order valence-electron chi connectivity index (χ1n) is 8.43. The molecule has 1 aromatic carbocycles. The summed E-state index contributed by atoms with van der Waals surface area (Å²) < 4.78 is 0. The van der Waals surface area contributed by atoms with Crippen LogP contribution in [0.4, 0.5) is 0 Å². The summed E-state index contributed by atoms with van der Waals surface area (Å²) in [5.74, 6) is -0.409. The van der Waals surface area contributed by atoms with Crippen LogP contribution in [0.15, 0.2) is 30.3 Å². The summed E-state index contributed by atoms with van der Waals surface area (Å²) >= 11 is 0. The van der Waals surface area contributed by atoms with Crippen LogP contribution >= 0.6 is 0 Å². The first-order valence-corrected chi connectivity index (χ1v) is 8.43. The molecule has 1 aliphatic heterocycles. The molecule has 3 unspecified atom stereocenters. The van der Waals surface area contributed by atoms with Gasteiger partial charge in [-0.2, -0.15) is 0 Å². The van der Waals surface area contributed by atoms with Gasteiger partial charge in [0.05, 0.1) is 17.9 Å². The van der Waals surface area contributed by atoms with Crippen LogP contribution in [0.5, 0.6) is 0 Å². The molecule has 1 heterocycles. The van der Waals surface area contributed by atoms with Crippen LogP contribution in [-0.4, -0.2) is 54.2 Å². The average molecular weight is 329 g/mol. The molecule has 1 saturated carbocycles. The van der Waals surface area contributed by atoms with Crippen LogP contribution in [0.3, 0.4) is 0 Å². The first kappa shape index (κ1) is 16.5. The fourth-order valence-corrected chi connectivity index (χ4v) is 3.19. The molecule has 1 aromatic rings. The lowest BCUT2D eigenvalue weighted by Gasteiger charge is -2.32. The highest BCUT2D eigenvalue weighted by Gasteiger charge is 2.49. The van der Waals surface area contributed by atoms with Crippen LogP contribution < -0.4 is 5.32 Å². The van der Waals surface area contributed by atoms with Crippen LogP contribution in [-0.2, 0) is 14.4 Å². The van der Waals surface area contributed by atoms with Crippen molar-refractivity contribution in [2.24, 2.45) is 11.8 Å². The van der Waals surface area contributed by atoms with Crippen molar-refractivity contribution in [1.82, 2.24) is 15.1 Å². The molecule has 0 aromatic heterocycles. The highest BCUT2D eigenvalue weighted by Crippen LogP contribution is 2.40. The van der Waals surface area contributed by atoms with Crippen molar-refractivity contribution in [3.63, 3.8) is 0 Å². The maximum atomic E-state index is 12.5. The molecule has 2 fully saturated rings. The number of hydrogen-bond acceptors (Lipinski definition) is 3. The lowest BCUT2D eigenvalue weighted by Crippen LogP contribution is -2.49. The van der Waals surface area contributed by atoms with Crippen LogP contribution in [0.1, 0.15) is 24.9 Å². The molecule has 1 aliphatic carbocycles. The zero-order valence-corrected chi connectivity index (χ0v) is 13.9. The van der Waals surface area contributed by atoms with Gasteiger partial charge in [-0.15, -0.1) is 0 Å². The third-order valence-corrected chi connectivity index (χ3v) is 4.88. The Bertz CT molecular complexity index is 611. The van der Waals surface area contributed by atoms with Gasteiger partial charge in [0, 0.05) is 26.2 Å². The Balaban J connectivity index is 1.49. The Hall–Kier alpha value is -2.37. The summed E-state index contributed by atoms with van der Waals surface area (Å²) in [5, 5.41) is 3.00. The van der Waals surface area contributed by atoms with Gasteiger partial charge in [0.25, 0.3) is 0 Å². The van der Waals surface area contributed by atoms with Crippen molar-refractivity contribution in [3.8, 4) is 0 Å². The van der Waals surface area contributed by atoms with Gasteiger partial charge in [0.1, 0.15) is 0 Å². The topological polar surface area (TPSA) is 69.7 Å². The lowest BCUT2D eigenvalue weighted by atomic mass is 10.1. The maximum Gasteiger partial charge on any atom is 0.226 e. The third-order valence-electron chi connectivity index (χ3n) is 4.88. The van der Waals surface area contributed by atoms with Crippen molar-refractivity contribution >= 4 is 18.2 Å². The van der Waals surface area contributed by atoms with E-state index in [1.54, 1.807) is 9.80 Å². The van der Waals surface area contributed by atoms with Gasteiger partial charge in [-0.1, -0.05) is 30.3 Å². The van der Waals surface area contributed by atoms with Crippen LogP contribution in [0.25, 0.3) is 0 Å². The van der Waals surface area contributed by atoms with Gasteiger partial charge in [0.15, 0.2) is 0 Å². The van der Waals surface area contributed by atoms with E-state index >= 15 is 0 Å². The Labute approximate surface area is 141 Å². The van der Waals surface area contributed by atoms with Crippen molar-refractivity contribution in [1.29, 1.82) is 0 Å². The van der Waals surface area contributed by atoms with E-state index in [1.807, 2.05) is 37.3 Å². The second-order valence-corrected chi connectivity index (χ2v) is 6.56. The lowest BCUT2D eigenvalue weighted by molar-refractivity contribution is -0.137. The second-order valence-electron chi connectivity index (χ2n) is 6.56. The molecule has 6 nitrogen and oxygen atoms in total. The van der Waals surface area contributed by atoms with E-state index in [0.29, 0.717) is 32.6 Å². The van der Waals surface area contributed by atoms with E-state index in [9.17, 15) is 14.4 Å². The molecule has 1 N–H and O–H groups in total. The van der Waals surface area contributed by atoms with Crippen LogP contribution in [0.2, 0.25) is 0 Å². The van der Waals surface area contributed by atoms with Crippen molar-refractivity contribution in [2.75, 3.05) is 26.2 Å². The van der Waals surface area contributed by atoms with Crippen molar-refractivity contribution < 1.29 is 14.4 Å². The largest absolute Gasteiger partial charge is 0.349 e. The number of carbonyl (C=O) groups is 3. The van der Waals surface area contributed by atoms with E-state index < -0.39 is 0 Å². The molecule has 2 aliphatic rings. The van der Waals surface area contributed by atoms with E-state index in [2.05, 4.69) is 5.32 Å². The minimum Gasteiger partial charge on any atom is -0.349 e. The van der Waals surface area contributed by atoms with Crippen LogP contribution in [0, 0.1) is 11.8 Å². The van der Waals surface area contributed by atoms with E-state index in [-0.39, 0.29) is 29.7 Å². The molecule has 24 heavy (non-hydrogen) atoms. The maximum absolute atomic E-state index is 12.5. The molecule has 128 valence electrons. The normalized spacial score (nSPS) is 24.2. The monoisotopic (exact) mass is 329 g/mol. The van der Waals surface area contributed by atoms with Gasteiger partial charge >= 0.3 is 0 Å². The Morgan fingerprint density at radius 1 is 1.12 bits per heavy atom. The highest BCUT2D eigenvalue weighted by molar-refractivity contribution is 5.92. The van der Waals surface area contributed by atoms with E-state index in [1.165, 1.54) is 0 Å². The number of nitrogens with one attached hydrogen (secondary N) is 1. The summed E-state index contributed by atoms with van der Waals surface area (Å²) in [4.78, 5) is 39.0. The summed E-state index contributed by atoms with van der Waals surface area (Å²) in [7, 11) is 0. The number of rotatable bonds is 5. The Morgan fingerprint density at radius 3 is 2.42 bits per heavy atom. The molecule has 0 radical (unpaired) electrons. The summed E-state index contributed by atoms with van der Waals surface area (Å²) in [6.07, 6.45) is 1.44. The minimum absolute atomic E-state index is 0.0452. The van der Waals surface area contributed by atoms with Gasteiger partial charge in [-0.25, -0.2) is 0 Å². The number of piperazine rings is 1. The smallest absolute Gasteiger partial charge is 0.226 e. The number of nitrogens with zero attached hydrogens (tertiary/aromatic N) is 2. The molecule has 6 heteroatoms. The molecule has 3 rings (SSSR count). The standard InChI is InChI=1S/C18H23N3O3/c1-13(14-5-3-2-4-6-14)19-17(23)15-11-16(15)18(24)21-9-7-20(12-22)8-10-21/h2-6,12-13,15-16H,7-11H2,1H3,(H,19,23). The quantitative estimate of drug-likeness (QED) is 0.813. The molecular formula is C18H23N3O3. The molecule has 0 bridgehead atoms. The number of benzene rings is 1. The van der Waals surface area contributed by atoms with Gasteiger partial charge in [-0.3, -0.25) is 14.4 Å². The summed E-state index contributed by atoms with van der Waals surface area (Å²) in [6.45, 7) is 4.21. The van der Waals surface area contributed by atoms with Gasteiger partial charge in [0.2, 0.25) is 18.2 Å². The molecular weight excluding hydrogens is 306 g/mol. The molecule has 1 saturated heterocycles. The number of carbonyl (C=O) groups excluding carboxylic acids is 3. The SMILES string of the molecule is CC(NC(=O)C1CC1C(=O)N1CCN(C=O)CC1)c1ccccc1. The number of amides is 3. The second kappa shape index (κ2) is 7.03.